The molecule has 0 spiro atoms. The number of carbonyl (C=O) groups excluding carboxylic acids is 1. The summed E-state index contributed by atoms with van der Waals surface area (Å²) in [7, 11) is 0. The number of hydrogen-bond acceptors (Lipinski definition) is 3. The molecule has 4 aromatic rings. The number of hydrogen-bond donors (Lipinski definition) is 1. The van der Waals surface area contributed by atoms with Crippen molar-refractivity contribution >= 4 is 40.0 Å². The highest BCUT2D eigenvalue weighted by molar-refractivity contribution is 7.98. The van der Waals surface area contributed by atoms with E-state index in [0.29, 0.717) is 17.1 Å². The fourth-order valence-corrected chi connectivity index (χ4v) is 3.84. The maximum absolute atomic E-state index is 12.8. The Kier molecular flexibility index (Phi) is 5.84. The van der Waals surface area contributed by atoms with Crippen molar-refractivity contribution in [2.45, 2.75) is 11.4 Å². The molecule has 0 saturated heterocycles. The van der Waals surface area contributed by atoms with Crippen LogP contribution in [0, 0.1) is 0 Å². The lowest BCUT2D eigenvalue weighted by atomic mass is 9.99. The quantitative estimate of drug-likeness (QED) is 0.392. The first-order valence-corrected chi connectivity index (χ1v) is 10.8. The summed E-state index contributed by atoms with van der Waals surface area (Å²) in [5.41, 5.74) is 3.69. The Morgan fingerprint density at radius 3 is 2.66 bits per heavy atom. The number of aromatic nitrogens is 1. The molecule has 4 rings (SSSR count). The average molecular weight is 419 g/mol. The number of rotatable bonds is 5. The molecule has 0 fully saturated rings. The molecule has 144 valence electrons. The van der Waals surface area contributed by atoms with Crippen LogP contribution in [0.3, 0.4) is 0 Å². The number of fused-ring (bicyclic) bond motifs is 1. The van der Waals surface area contributed by atoms with Gasteiger partial charge in [-0.2, -0.15) is 0 Å². The normalized spacial score (nSPS) is 10.8. The third kappa shape index (κ3) is 4.44. The van der Waals surface area contributed by atoms with Gasteiger partial charge in [-0.1, -0.05) is 41.9 Å². The summed E-state index contributed by atoms with van der Waals surface area (Å²) < 4.78 is 0. The van der Waals surface area contributed by atoms with Crippen LogP contribution < -0.4 is 5.32 Å². The molecule has 0 radical (unpaired) electrons. The van der Waals surface area contributed by atoms with Gasteiger partial charge in [-0.25, -0.2) is 0 Å². The van der Waals surface area contributed by atoms with Crippen LogP contribution >= 0.6 is 23.4 Å². The second-order valence-corrected chi connectivity index (χ2v) is 7.98. The zero-order valence-electron chi connectivity index (χ0n) is 15.9. The number of nitrogens with zero attached hydrogens (tertiary/aromatic N) is 1. The van der Waals surface area contributed by atoms with Crippen molar-refractivity contribution in [1.82, 2.24) is 10.3 Å². The van der Waals surface area contributed by atoms with Gasteiger partial charge in [0.25, 0.3) is 5.91 Å². The largest absolute Gasteiger partial charge is 0.348 e. The summed E-state index contributed by atoms with van der Waals surface area (Å²) in [5.74, 6) is -0.0969. The summed E-state index contributed by atoms with van der Waals surface area (Å²) >= 11 is 7.71. The van der Waals surface area contributed by atoms with Crippen LogP contribution in [0.5, 0.6) is 0 Å². The molecular weight excluding hydrogens is 400 g/mol. The maximum Gasteiger partial charge on any atom is 0.251 e. The van der Waals surface area contributed by atoms with Crippen molar-refractivity contribution in [2.75, 3.05) is 6.26 Å². The highest BCUT2D eigenvalue weighted by Crippen LogP contribution is 2.29. The van der Waals surface area contributed by atoms with Crippen LogP contribution in [0.15, 0.2) is 84.0 Å². The molecule has 1 amide bonds. The van der Waals surface area contributed by atoms with Crippen LogP contribution in [0.1, 0.15) is 15.9 Å². The van der Waals surface area contributed by atoms with Crippen LogP contribution in [0.2, 0.25) is 5.02 Å². The molecule has 1 N–H and O–H groups in total. The van der Waals surface area contributed by atoms with E-state index in [-0.39, 0.29) is 5.91 Å². The van der Waals surface area contributed by atoms with E-state index in [9.17, 15) is 4.79 Å². The predicted octanol–water partition coefficient (Wildman–Crippen LogP) is 6.21. The van der Waals surface area contributed by atoms with Crippen molar-refractivity contribution in [1.29, 1.82) is 0 Å². The van der Waals surface area contributed by atoms with Gasteiger partial charge in [-0.15, -0.1) is 11.8 Å². The van der Waals surface area contributed by atoms with E-state index in [1.54, 1.807) is 11.8 Å². The lowest BCUT2D eigenvalue weighted by Crippen LogP contribution is -2.22. The average Bonchev–Trinajstić information content (AvgIpc) is 2.77. The smallest absolute Gasteiger partial charge is 0.251 e. The Morgan fingerprint density at radius 2 is 1.86 bits per heavy atom. The van der Waals surface area contributed by atoms with E-state index in [1.807, 2.05) is 73.2 Å². The van der Waals surface area contributed by atoms with E-state index in [4.69, 9.17) is 11.6 Å². The van der Waals surface area contributed by atoms with Crippen LogP contribution in [-0.2, 0) is 6.54 Å². The molecule has 5 heteroatoms. The summed E-state index contributed by atoms with van der Waals surface area (Å²) in [6, 6.07) is 21.5. The fraction of sp³-hybridized carbons (Fsp3) is 0.0833. The molecule has 1 aromatic heterocycles. The van der Waals surface area contributed by atoms with Gasteiger partial charge in [-0.05, 0) is 59.2 Å². The first kappa shape index (κ1) is 19.5. The van der Waals surface area contributed by atoms with Gasteiger partial charge in [0, 0.05) is 45.4 Å². The zero-order chi connectivity index (χ0) is 20.2. The Morgan fingerprint density at radius 1 is 1.03 bits per heavy atom. The first-order valence-electron chi connectivity index (χ1n) is 9.19. The van der Waals surface area contributed by atoms with E-state index >= 15 is 0 Å². The van der Waals surface area contributed by atoms with Crippen molar-refractivity contribution < 1.29 is 4.79 Å². The third-order valence-electron chi connectivity index (χ3n) is 4.77. The van der Waals surface area contributed by atoms with Gasteiger partial charge < -0.3 is 5.32 Å². The molecule has 0 atom stereocenters. The van der Waals surface area contributed by atoms with Crippen molar-refractivity contribution in [3.05, 3.63) is 95.3 Å². The number of pyridine rings is 1. The number of thioether (sulfide) groups is 1. The van der Waals surface area contributed by atoms with Crippen molar-refractivity contribution in [3.8, 4) is 11.1 Å². The molecule has 0 aliphatic heterocycles. The second-order valence-electron chi connectivity index (χ2n) is 6.66. The topological polar surface area (TPSA) is 42.0 Å². The minimum atomic E-state index is -0.0969. The standard InChI is InChI=1S/C24H19ClN2OS/c1-29-21-4-2-3-16(11-21)13-27-24(28)18-5-6-19-14-26-15-23(22(19)12-18)17-7-9-20(25)10-8-17/h2-12,14-15H,13H2,1H3,(H,27,28). The third-order valence-corrected chi connectivity index (χ3v) is 5.74. The molecule has 0 saturated carbocycles. The Bertz CT molecular complexity index is 1180. The lowest BCUT2D eigenvalue weighted by Gasteiger charge is -2.10. The number of benzene rings is 3. The Balaban J connectivity index is 1.61. The van der Waals surface area contributed by atoms with Gasteiger partial charge in [0.1, 0.15) is 0 Å². The van der Waals surface area contributed by atoms with Gasteiger partial charge >= 0.3 is 0 Å². The van der Waals surface area contributed by atoms with Gasteiger partial charge in [0.2, 0.25) is 0 Å². The molecule has 3 nitrogen and oxygen atoms in total. The summed E-state index contributed by atoms with van der Waals surface area (Å²) in [5, 5.41) is 5.68. The number of amides is 1. The van der Waals surface area contributed by atoms with Gasteiger partial charge in [-0.3, -0.25) is 9.78 Å². The highest BCUT2D eigenvalue weighted by atomic mass is 35.5. The molecule has 29 heavy (non-hydrogen) atoms. The summed E-state index contributed by atoms with van der Waals surface area (Å²) in [6.45, 7) is 0.492. The molecule has 0 aliphatic carbocycles. The van der Waals surface area contributed by atoms with Crippen molar-refractivity contribution in [3.63, 3.8) is 0 Å². The first-order chi connectivity index (χ1) is 14.1. The second kappa shape index (κ2) is 8.68. The van der Waals surface area contributed by atoms with E-state index in [0.717, 1.165) is 27.5 Å². The van der Waals surface area contributed by atoms with Crippen molar-refractivity contribution in [2.24, 2.45) is 0 Å². The predicted molar refractivity (Wildman–Crippen MR) is 122 cm³/mol. The maximum atomic E-state index is 12.8. The van der Waals surface area contributed by atoms with E-state index in [2.05, 4.69) is 22.4 Å². The van der Waals surface area contributed by atoms with Crippen LogP contribution in [-0.4, -0.2) is 17.1 Å². The van der Waals surface area contributed by atoms with E-state index in [1.165, 1.54) is 4.90 Å². The molecule has 0 unspecified atom stereocenters. The van der Waals surface area contributed by atoms with Gasteiger partial charge in [0.05, 0.1) is 0 Å². The Labute approximate surface area is 179 Å². The summed E-state index contributed by atoms with van der Waals surface area (Å²) in [4.78, 5) is 18.3. The Hall–Kier alpha value is -2.82. The van der Waals surface area contributed by atoms with E-state index < -0.39 is 0 Å². The number of carbonyl (C=O) groups is 1. The number of halogens is 1. The van der Waals surface area contributed by atoms with Gasteiger partial charge in [0.15, 0.2) is 0 Å². The monoisotopic (exact) mass is 418 g/mol. The zero-order valence-corrected chi connectivity index (χ0v) is 17.4. The molecule has 3 aromatic carbocycles. The lowest BCUT2D eigenvalue weighted by molar-refractivity contribution is 0.0951. The van der Waals surface area contributed by atoms with Crippen LogP contribution in [0.25, 0.3) is 21.9 Å². The molecule has 0 bridgehead atoms. The summed E-state index contributed by atoms with van der Waals surface area (Å²) in [6.07, 6.45) is 5.67. The highest BCUT2D eigenvalue weighted by Gasteiger charge is 2.10. The van der Waals surface area contributed by atoms with Crippen LogP contribution in [0.4, 0.5) is 0 Å². The number of nitrogens with one attached hydrogen (secondary N) is 1. The molecular formula is C24H19ClN2OS. The minimum absolute atomic E-state index is 0.0969. The molecule has 0 aliphatic rings. The molecule has 1 heterocycles. The SMILES string of the molecule is CSc1cccc(CNC(=O)c2ccc3cncc(-c4ccc(Cl)cc4)c3c2)c1. The minimum Gasteiger partial charge on any atom is -0.348 e. The fourth-order valence-electron chi connectivity index (χ4n) is 3.23.